The second-order valence-corrected chi connectivity index (χ2v) is 8.00. The van der Waals surface area contributed by atoms with Gasteiger partial charge < -0.3 is 5.73 Å². The third kappa shape index (κ3) is 3.27. The van der Waals surface area contributed by atoms with Gasteiger partial charge >= 0.3 is 0 Å². The first-order valence-corrected chi connectivity index (χ1v) is 9.91. The quantitative estimate of drug-likeness (QED) is 0.668. The first-order valence-electron chi connectivity index (χ1n) is 9.91. The zero-order valence-corrected chi connectivity index (χ0v) is 16.0. The van der Waals surface area contributed by atoms with Crippen LogP contribution in [0.25, 0.3) is 27.7 Å². The van der Waals surface area contributed by atoms with Gasteiger partial charge in [0.1, 0.15) is 11.8 Å². The molecule has 0 amide bonds. The molecule has 2 aromatic heterocycles. The predicted octanol–water partition coefficient (Wildman–Crippen LogP) is 4.34. The van der Waals surface area contributed by atoms with E-state index >= 15 is 0 Å². The summed E-state index contributed by atoms with van der Waals surface area (Å²) in [6.07, 6.45) is 9.24. The van der Waals surface area contributed by atoms with Gasteiger partial charge in [-0.1, -0.05) is 18.2 Å². The van der Waals surface area contributed by atoms with Crippen LogP contribution in [0.2, 0.25) is 0 Å². The van der Waals surface area contributed by atoms with Crippen LogP contribution < -0.4 is 5.73 Å². The number of hydrogen-bond donors (Lipinski definition) is 1. The van der Waals surface area contributed by atoms with Gasteiger partial charge in [0, 0.05) is 47.2 Å². The molecule has 0 aliphatic heterocycles. The first-order chi connectivity index (χ1) is 14.2. The first kappa shape index (κ1) is 17.6. The van der Waals surface area contributed by atoms with Gasteiger partial charge in [-0.05, 0) is 54.9 Å². The minimum Gasteiger partial charge on any atom is -0.404 e. The number of nitriles is 1. The van der Waals surface area contributed by atoms with Crippen molar-refractivity contribution in [1.29, 1.82) is 5.26 Å². The fraction of sp³-hybridized carbons (Fsp3) is 0.250. The molecule has 2 aliphatic carbocycles. The van der Waals surface area contributed by atoms with Gasteiger partial charge in [0.05, 0.1) is 11.2 Å². The van der Waals surface area contributed by atoms with Crippen molar-refractivity contribution >= 4 is 22.7 Å². The Morgan fingerprint density at radius 3 is 2.93 bits per heavy atom. The lowest BCUT2D eigenvalue weighted by Crippen LogP contribution is -2.00. The van der Waals surface area contributed by atoms with Crippen molar-refractivity contribution in [3.05, 3.63) is 66.1 Å². The van der Waals surface area contributed by atoms with Crippen LogP contribution in [0.1, 0.15) is 30.5 Å². The summed E-state index contributed by atoms with van der Waals surface area (Å²) < 4.78 is 0. The van der Waals surface area contributed by atoms with E-state index in [0.717, 1.165) is 40.1 Å². The summed E-state index contributed by atoms with van der Waals surface area (Å²) in [6, 6.07) is 15.7. The molecule has 1 unspecified atom stereocenters. The Morgan fingerprint density at radius 2 is 2.17 bits per heavy atom. The Hall–Kier alpha value is -3.52. The molecule has 2 heterocycles. The Balaban J connectivity index is 1.51. The molecule has 2 saturated carbocycles. The zero-order chi connectivity index (χ0) is 19.8. The van der Waals surface area contributed by atoms with Crippen molar-refractivity contribution in [1.82, 2.24) is 9.97 Å². The molecule has 5 heteroatoms. The average Bonchev–Trinajstić information content (AvgIpc) is 3.69. The minimum absolute atomic E-state index is 0.367. The van der Waals surface area contributed by atoms with Gasteiger partial charge in [0.25, 0.3) is 0 Å². The lowest BCUT2D eigenvalue weighted by Gasteiger charge is -2.11. The van der Waals surface area contributed by atoms with Crippen LogP contribution in [-0.2, 0) is 0 Å². The van der Waals surface area contributed by atoms with E-state index in [1.54, 1.807) is 18.5 Å². The maximum atomic E-state index is 9.34. The molecule has 5 rings (SSSR count). The number of pyridine rings is 2. The topological polar surface area (TPSA) is 88.0 Å². The second kappa shape index (κ2) is 6.82. The lowest BCUT2D eigenvalue weighted by molar-refractivity contribution is 0.719. The van der Waals surface area contributed by atoms with E-state index in [1.165, 1.54) is 19.3 Å². The number of fused-ring (bicyclic) bond motifs is 1. The number of aromatic nitrogens is 2. The summed E-state index contributed by atoms with van der Waals surface area (Å²) in [7, 11) is 0. The predicted molar refractivity (Wildman–Crippen MR) is 115 cm³/mol. The number of rotatable bonds is 5. The summed E-state index contributed by atoms with van der Waals surface area (Å²) in [5, 5.41) is 10.4. The third-order valence-electron chi connectivity index (χ3n) is 6.19. The SMILES string of the molecule is N#Cc1ccc(/C(C=NCC2CC23CC3)=C/N)c(-c2ccc3cccnc3c2)n1. The molecule has 29 heavy (non-hydrogen) atoms. The Morgan fingerprint density at radius 1 is 1.28 bits per heavy atom. The summed E-state index contributed by atoms with van der Waals surface area (Å²) in [4.78, 5) is 13.7. The highest BCUT2D eigenvalue weighted by molar-refractivity contribution is 6.12. The molecule has 2 fully saturated rings. The molecule has 0 saturated heterocycles. The van der Waals surface area contributed by atoms with Crippen molar-refractivity contribution in [2.45, 2.75) is 19.3 Å². The highest BCUT2D eigenvalue weighted by atomic mass is 14.8. The van der Waals surface area contributed by atoms with E-state index in [0.29, 0.717) is 16.8 Å². The van der Waals surface area contributed by atoms with E-state index < -0.39 is 0 Å². The van der Waals surface area contributed by atoms with Crippen LogP contribution in [0.5, 0.6) is 0 Å². The molecule has 1 atom stereocenters. The van der Waals surface area contributed by atoms with Crippen LogP contribution in [-0.4, -0.2) is 22.7 Å². The van der Waals surface area contributed by atoms with Gasteiger partial charge in [-0.3, -0.25) is 9.98 Å². The van der Waals surface area contributed by atoms with Gasteiger partial charge in [-0.2, -0.15) is 5.26 Å². The van der Waals surface area contributed by atoms with E-state index in [1.807, 2.05) is 42.6 Å². The van der Waals surface area contributed by atoms with Crippen LogP contribution in [0.4, 0.5) is 0 Å². The number of aliphatic imine (C=N–C) groups is 1. The molecule has 3 aromatic rings. The molecule has 1 aromatic carbocycles. The van der Waals surface area contributed by atoms with Gasteiger partial charge in [-0.15, -0.1) is 0 Å². The molecule has 2 N–H and O–H groups in total. The van der Waals surface area contributed by atoms with Gasteiger partial charge in [0.15, 0.2) is 0 Å². The molecule has 0 radical (unpaired) electrons. The summed E-state index contributed by atoms with van der Waals surface area (Å²) in [5.74, 6) is 0.739. The van der Waals surface area contributed by atoms with E-state index in [9.17, 15) is 5.26 Å². The fourth-order valence-corrected chi connectivity index (χ4v) is 4.13. The standard InChI is InChI=1S/C24H21N5/c25-12-18(14-27-15-19-11-24(19)7-8-24)21-6-5-20(13-26)29-23(21)17-4-3-16-2-1-9-28-22(16)10-17/h1-6,9-10,12,14,19H,7-8,11,15,25H2/b18-12+,27-14?. The second-order valence-electron chi connectivity index (χ2n) is 8.00. The highest BCUT2D eigenvalue weighted by Gasteiger charge is 2.62. The molecule has 1 spiro atoms. The maximum Gasteiger partial charge on any atom is 0.141 e. The molecular formula is C24H21N5. The van der Waals surface area contributed by atoms with Crippen LogP contribution in [0, 0.1) is 22.7 Å². The Kier molecular flexibility index (Phi) is 4.13. The van der Waals surface area contributed by atoms with E-state index in [-0.39, 0.29) is 0 Å². The molecule has 142 valence electrons. The van der Waals surface area contributed by atoms with Crippen molar-refractivity contribution < 1.29 is 0 Å². The minimum atomic E-state index is 0.367. The molecule has 2 aliphatic rings. The third-order valence-corrected chi connectivity index (χ3v) is 6.19. The molecule has 5 nitrogen and oxygen atoms in total. The van der Waals surface area contributed by atoms with Gasteiger partial charge in [-0.25, -0.2) is 4.98 Å². The number of nitrogens with zero attached hydrogens (tertiary/aromatic N) is 4. The molecular weight excluding hydrogens is 358 g/mol. The average molecular weight is 379 g/mol. The number of allylic oxidation sites excluding steroid dienone is 1. The monoisotopic (exact) mass is 379 g/mol. The Labute approximate surface area is 169 Å². The maximum absolute atomic E-state index is 9.34. The Bertz CT molecular complexity index is 1200. The van der Waals surface area contributed by atoms with Gasteiger partial charge in [0.2, 0.25) is 0 Å². The normalized spacial score (nSPS) is 19.6. The van der Waals surface area contributed by atoms with Crippen molar-refractivity contribution in [3.8, 4) is 17.3 Å². The smallest absolute Gasteiger partial charge is 0.141 e. The van der Waals surface area contributed by atoms with E-state index in [2.05, 4.69) is 21.0 Å². The summed E-state index contributed by atoms with van der Waals surface area (Å²) >= 11 is 0. The van der Waals surface area contributed by atoms with Crippen LogP contribution >= 0.6 is 0 Å². The van der Waals surface area contributed by atoms with Crippen LogP contribution in [0.3, 0.4) is 0 Å². The molecule has 0 bridgehead atoms. The number of hydrogen-bond acceptors (Lipinski definition) is 5. The summed E-state index contributed by atoms with van der Waals surface area (Å²) in [5.41, 5.74) is 11.1. The summed E-state index contributed by atoms with van der Waals surface area (Å²) in [6.45, 7) is 0.857. The fourth-order valence-electron chi connectivity index (χ4n) is 4.13. The van der Waals surface area contributed by atoms with Crippen LogP contribution in [0.15, 0.2) is 59.9 Å². The number of benzene rings is 1. The van der Waals surface area contributed by atoms with Crippen molar-refractivity contribution in [2.75, 3.05) is 6.54 Å². The van der Waals surface area contributed by atoms with Crippen molar-refractivity contribution in [2.24, 2.45) is 22.1 Å². The largest absolute Gasteiger partial charge is 0.404 e. The zero-order valence-electron chi connectivity index (χ0n) is 16.0. The highest BCUT2D eigenvalue weighted by Crippen LogP contribution is 2.70. The van der Waals surface area contributed by atoms with E-state index in [4.69, 9.17) is 5.73 Å². The van der Waals surface area contributed by atoms with Crippen molar-refractivity contribution in [3.63, 3.8) is 0 Å². The number of nitrogens with two attached hydrogens (primary N) is 1. The lowest BCUT2D eigenvalue weighted by atomic mass is 9.99.